The van der Waals surface area contributed by atoms with E-state index in [1.54, 1.807) is 32.2 Å². The summed E-state index contributed by atoms with van der Waals surface area (Å²) in [5, 5.41) is 10.8. The Bertz CT molecular complexity index is 866. The minimum Gasteiger partial charge on any atom is -0.491 e. The van der Waals surface area contributed by atoms with Gasteiger partial charge in [-0.2, -0.15) is 0 Å². The molecule has 8 heteroatoms. The number of unbranched alkanes of at least 4 members (excludes halogenated alkanes) is 2. The molecule has 2 aromatic rings. The van der Waals surface area contributed by atoms with Gasteiger partial charge in [-0.3, -0.25) is 19.7 Å². The van der Waals surface area contributed by atoms with E-state index in [2.05, 4.69) is 0 Å². The smallest absolute Gasteiger partial charge is 0.305 e. The van der Waals surface area contributed by atoms with Crippen LogP contribution in [0.1, 0.15) is 43.0 Å². The summed E-state index contributed by atoms with van der Waals surface area (Å²) in [6.45, 7) is 2.64. The highest BCUT2D eigenvalue weighted by molar-refractivity contribution is 6.06. The molecule has 2 rings (SSSR count). The van der Waals surface area contributed by atoms with Gasteiger partial charge >= 0.3 is 5.97 Å². The van der Waals surface area contributed by atoms with Gasteiger partial charge in [-0.25, -0.2) is 0 Å². The van der Waals surface area contributed by atoms with Gasteiger partial charge in [0.15, 0.2) is 0 Å². The number of nitrogens with zero attached hydrogens (tertiary/aromatic N) is 2. The number of hydrogen-bond donors (Lipinski definition) is 0. The Balaban J connectivity index is 1.92. The van der Waals surface area contributed by atoms with Crippen molar-refractivity contribution in [2.75, 3.05) is 25.2 Å². The molecule has 2 aromatic carbocycles. The summed E-state index contributed by atoms with van der Waals surface area (Å²) in [7, 11) is 1.63. The van der Waals surface area contributed by atoms with Gasteiger partial charge in [0, 0.05) is 31.2 Å². The zero-order valence-corrected chi connectivity index (χ0v) is 17.2. The van der Waals surface area contributed by atoms with Gasteiger partial charge in [0.1, 0.15) is 5.75 Å². The predicted octanol–water partition coefficient (Wildman–Crippen LogP) is 4.37. The number of ether oxygens (including phenoxy) is 2. The van der Waals surface area contributed by atoms with E-state index >= 15 is 0 Å². The van der Waals surface area contributed by atoms with Crippen molar-refractivity contribution in [2.24, 2.45) is 0 Å². The van der Waals surface area contributed by atoms with Gasteiger partial charge in [0.05, 0.1) is 23.8 Å². The minimum atomic E-state index is -0.506. The van der Waals surface area contributed by atoms with Gasteiger partial charge in [-0.15, -0.1) is 0 Å². The molecule has 0 unspecified atom stereocenters. The summed E-state index contributed by atoms with van der Waals surface area (Å²) in [4.78, 5) is 35.8. The molecule has 0 aliphatic heterocycles. The van der Waals surface area contributed by atoms with E-state index in [0.717, 1.165) is 19.3 Å². The van der Waals surface area contributed by atoms with Crippen LogP contribution in [0.5, 0.6) is 5.75 Å². The fraction of sp³-hybridized carbons (Fsp3) is 0.364. The maximum absolute atomic E-state index is 12.8. The third-order valence-corrected chi connectivity index (χ3v) is 4.44. The molecule has 0 radical (unpaired) electrons. The third kappa shape index (κ3) is 6.58. The van der Waals surface area contributed by atoms with Crippen molar-refractivity contribution in [1.82, 2.24) is 0 Å². The van der Waals surface area contributed by atoms with Crippen LogP contribution in [-0.2, 0) is 9.53 Å². The molecule has 8 nitrogen and oxygen atoms in total. The Morgan fingerprint density at radius 1 is 1.03 bits per heavy atom. The highest BCUT2D eigenvalue weighted by atomic mass is 16.6. The van der Waals surface area contributed by atoms with Crippen LogP contribution in [0.15, 0.2) is 48.5 Å². The Labute approximate surface area is 175 Å². The van der Waals surface area contributed by atoms with Gasteiger partial charge in [-0.1, -0.05) is 12.1 Å². The van der Waals surface area contributed by atoms with Crippen LogP contribution in [-0.4, -0.2) is 37.1 Å². The van der Waals surface area contributed by atoms with Crippen LogP contribution in [0.4, 0.5) is 11.4 Å². The number of carbonyl (C=O) groups is 2. The van der Waals surface area contributed by atoms with Crippen molar-refractivity contribution in [3.8, 4) is 5.75 Å². The third-order valence-electron chi connectivity index (χ3n) is 4.44. The number of nitro groups is 1. The van der Waals surface area contributed by atoms with E-state index in [4.69, 9.17) is 9.47 Å². The lowest BCUT2D eigenvalue weighted by molar-refractivity contribution is -0.384. The summed E-state index contributed by atoms with van der Waals surface area (Å²) in [6, 6.07) is 12.7. The van der Waals surface area contributed by atoms with Gasteiger partial charge in [-0.05, 0) is 50.5 Å². The van der Waals surface area contributed by atoms with Crippen molar-refractivity contribution >= 4 is 23.3 Å². The van der Waals surface area contributed by atoms with Crippen LogP contribution in [0, 0.1) is 10.1 Å². The lowest BCUT2D eigenvalue weighted by Gasteiger charge is -2.21. The number of nitro benzene ring substituents is 1. The summed E-state index contributed by atoms with van der Waals surface area (Å²) in [5.41, 5.74) is 0.880. The average Bonchev–Trinajstić information content (AvgIpc) is 2.75. The number of anilines is 1. The maximum Gasteiger partial charge on any atom is 0.305 e. The molecule has 0 spiro atoms. The van der Waals surface area contributed by atoms with Crippen molar-refractivity contribution in [3.63, 3.8) is 0 Å². The summed E-state index contributed by atoms with van der Waals surface area (Å²) in [5.74, 6) is 0.0891. The number of amides is 1. The molecule has 0 saturated carbocycles. The zero-order chi connectivity index (χ0) is 21.9. The number of benzene rings is 2. The van der Waals surface area contributed by atoms with Crippen LogP contribution in [0.25, 0.3) is 0 Å². The molecule has 0 aliphatic rings. The van der Waals surface area contributed by atoms with E-state index in [0.29, 0.717) is 36.6 Å². The number of hydrogen-bond acceptors (Lipinski definition) is 6. The standard InChI is InChI=1S/C22H26N2O6/c1-3-29-21(25)11-5-4-8-16-30-20-10-7-6-9-19(20)23(2)22(26)17-12-14-18(15-13-17)24(27)28/h6-7,9-10,12-15H,3-5,8,11,16H2,1-2H3. The van der Waals surface area contributed by atoms with Gasteiger partial charge < -0.3 is 14.4 Å². The zero-order valence-electron chi connectivity index (χ0n) is 17.2. The Morgan fingerprint density at radius 2 is 1.73 bits per heavy atom. The quantitative estimate of drug-likeness (QED) is 0.234. The topological polar surface area (TPSA) is 99.0 Å². The Hall–Kier alpha value is -3.42. The molecule has 30 heavy (non-hydrogen) atoms. The van der Waals surface area contributed by atoms with Gasteiger partial charge in [0.2, 0.25) is 0 Å². The van der Waals surface area contributed by atoms with Crippen LogP contribution in [0.2, 0.25) is 0 Å². The van der Waals surface area contributed by atoms with Crippen LogP contribution >= 0.6 is 0 Å². The molecule has 0 bridgehead atoms. The Morgan fingerprint density at radius 3 is 2.40 bits per heavy atom. The lowest BCUT2D eigenvalue weighted by atomic mass is 10.1. The number of carbonyl (C=O) groups excluding carboxylic acids is 2. The van der Waals surface area contributed by atoms with Gasteiger partial charge in [0.25, 0.3) is 11.6 Å². The molecular formula is C22H26N2O6. The average molecular weight is 414 g/mol. The van der Waals surface area contributed by atoms with E-state index in [1.165, 1.54) is 29.2 Å². The Kier molecular flexibility index (Phi) is 8.80. The summed E-state index contributed by atoms with van der Waals surface area (Å²) < 4.78 is 10.7. The van der Waals surface area contributed by atoms with Crippen molar-refractivity contribution < 1.29 is 24.0 Å². The second kappa shape index (κ2) is 11.5. The number of rotatable bonds is 11. The minimum absolute atomic E-state index is 0.0686. The van der Waals surface area contributed by atoms with Crippen LogP contribution < -0.4 is 9.64 Å². The molecule has 0 aliphatic carbocycles. The lowest BCUT2D eigenvalue weighted by Crippen LogP contribution is -2.26. The molecule has 0 N–H and O–H groups in total. The largest absolute Gasteiger partial charge is 0.491 e. The normalized spacial score (nSPS) is 10.3. The highest BCUT2D eigenvalue weighted by Gasteiger charge is 2.18. The van der Waals surface area contributed by atoms with Crippen molar-refractivity contribution in [3.05, 3.63) is 64.2 Å². The summed E-state index contributed by atoms with van der Waals surface area (Å²) >= 11 is 0. The predicted molar refractivity (Wildman–Crippen MR) is 113 cm³/mol. The maximum atomic E-state index is 12.8. The molecule has 0 fully saturated rings. The first-order chi connectivity index (χ1) is 14.4. The second-order valence-electron chi connectivity index (χ2n) is 6.60. The monoisotopic (exact) mass is 414 g/mol. The van der Waals surface area contributed by atoms with Crippen molar-refractivity contribution in [2.45, 2.75) is 32.6 Å². The van der Waals surface area contributed by atoms with E-state index < -0.39 is 4.92 Å². The first kappa shape index (κ1) is 22.9. The molecule has 0 aromatic heterocycles. The van der Waals surface area contributed by atoms with E-state index in [1.807, 2.05) is 6.07 Å². The first-order valence-corrected chi connectivity index (χ1v) is 9.84. The molecule has 0 atom stereocenters. The molecule has 0 heterocycles. The SMILES string of the molecule is CCOC(=O)CCCCCOc1ccccc1N(C)C(=O)c1ccc([N+](=O)[O-])cc1. The van der Waals surface area contributed by atoms with Crippen LogP contribution in [0.3, 0.4) is 0 Å². The van der Waals surface area contributed by atoms with E-state index in [9.17, 15) is 19.7 Å². The highest BCUT2D eigenvalue weighted by Crippen LogP contribution is 2.28. The molecular weight excluding hydrogens is 388 g/mol. The number of non-ortho nitro benzene ring substituents is 1. The fourth-order valence-electron chi connectivity index (χ4n) is 2.85. The van der Waals surface area contributed by atoms with Crippen molar-refractivity contribution in [1.29, 1.82) is 0 Å². The first-order valence-electron chi connectivity index (χ1n) is 9.84. The molecule has 1 amide bonds. The number of para-hydroxylation sites is 2. The second-order valence-corrected chi connectivity index (χ2v) is 6.60. The molecule has 0 saturated heterocycles. The fourth-order valence-corrected chi connectivity index (χ4v) is 2.85. The summed E-state index contributed by atoms with van der Waals surface area (Å²) in [6.07, 6.45) is 2.74. The number of esters is 1. The van der Waals surface area contributed by atoms with E-state index in [-0.39, 0.29) is 17.6 Å². The molecule has 160 valence electrons.